The van der Waals surface area contributed by atoms with Crippen molar-refractivity contribution in [2.24, 2.45) is 0 Å². The number of thiazole rings is 1. The maximum Gasteiger partial charge on any atom is 0.306 e. The van der Waals surface area contributed by atoms with E-state index in [4.69, 9.17) is 4.42 Å². The average molecular weight is 261 g/mol. The third-order valence-electron chi connectivity index (χ3n) is 2.28. The molecule has 0 saturated heterocycles. The first kappa shape index (κ1) is 10.7. The Labute approximate surface area is 104 Å². The lowest BCUT2D eigenvalue weighted by molar-refractivity contribution is 0.0996. The Morgan fingerprint density at radius 2 is 2.39 bits per heavy atom. The third-order valence-corrected chi connectivity index (χ3v) is 3.10. The van der Waals surface area contributed by atoms with Gasteiger partial charge in [-0.15, -0.1) is 0 Å². The molecule has 0 aromatic carbocycles. The lowest BCUT2D eigenvalue weighted by atomic mass is 10.3. The molecule has 3 aromatic heterocycles. The number of rotatable bonds is 2. The summed E-state index contributed by atoms with van der Waals surface area (Å²) < 4.78 is 5.66. The first-order valence-electron chi connectivity index (χ1n) is 5.06. The standard InChI is InChI=1S/C11H7N3O3S/c15-10(7-2-1-3-17-7)13-6-4-8-9(12-5-6)14-11(16)18-8/h1-5H,(H,13,15)(H,12,14,16). The van der Waals surface area contributed by atoms with Crippen LogP contribution in [0.5, 0.6) is 0 Å². The van der Waals surface area contributed by atoms with Crippen LogP contribution in [0.3, 0.4) is 0 Å². The monoisotopic (exact) mass is 261 g/mol. The fourth-order valence-corrected chi connectivity index (χ4v) is 2.24. The molecule has 0 spiro atoms. The van der Waals surface area contributed by atoms with Crippen molar-refractivity contribution < 1.29 is 9.21 Å². The van der Waals surface area contributed by atoms with Gasteiger partial charge in [-0.25, -0.2) is 4.98 Å². The molecule has 0 radical (unpaired) electrons. The fraction of sp³-hybridized carbons (Fsp3) is 0. The van der Waals surface area contributed by atoms with Crippen LogP contribution in [0.2, 0.25) is 0 Å². The van der Waals surface area contributed by atoms with Crippen molar-refractivity contribution in [3.05, 3.63) is 46.1 Å². The summed E-state index contributed by atoms with van der Waals surface area (Å²) in [5.41, 5.74) is 1.03. The smallest absolute Gasteiger partial charge is 0.306 e. The normalized spacial score (nSPS) is 10.7. The molecule has 0 unspecified atom stereocenters. The number of nitrogens with one attached hydrogen (secondary N) is 2. The molecule has 7 heteroatoms. The number of amides is 1. The number of hydrogen-bond acceptors (Lipinski definition) is 5. The van der Waals surface area contributed by atoms with E-state index in [-0.39, 0.29) is 16.5 Å². The van der Waals surface area contributed by atoms with Crippen molar-refractivity contribution in [2.75, 3.05) is 5.32 Å². The van der Waals surface area contributed by atoms with Crippen molar-refractivity contribution in [1.82, 2.24) is 9.97 Å². The summed E-state index contributed by atoms with van der Waals surface area (Å²) >= 11 is 1.04. The number of fused-ring (bicyclic) bond motifs is 1. The largest absolute Gasteiger partial charge is 0.459 e. The van der Waals surface area contributed by atoms with E-state index in [0.29, 0.717) is 16.0 Å². The number of nitrogens with zero attached hydrogens (tertiary/aromatic N) is 1. The second kappa shape index (κ2) is 4.11. The molecule has 0 aliphatic heterocycles. The SMILES string of the molecule is O=C(Nc1cnc2[nH]c(=O)sc2c1)c1ccco1. The van der Waals surface area contributed by atoms with Gasteiger partial charge in [0.1, 0.15) is 0 Å². The first-order valence-corrected chi connectivity index (χ1v) is 5.88. The van der Waals surface area contributed by atoms with Crippen LogP contribution in [0.1, 0.15) is 10.6 Å². The minimum absolute atomic E-state index is 0.174. The van der Waals surface area contributed by atoms with Gasteiger partial charge in [0.15, 0.2) is 11.4 Å². The molecule has 3 rings (SSSR count). The topological polar surface area (TPSA) is 88.0 Å². The van der Waals surface area contributed by atoms with Gasteiger partial charge < -0.3 is 9.73 Å². The van der Waals surface area contributed by atoms with Crippen molar-refractivity contribution >= 4 is 33.3 Å². The summed E-state index contributed by atoms with van der Waals surface area (Å²) in [4.78, 5) is 29.3. The first-order chi connectivity index (χ1) is 8.72. The second-order valence-corrected chi connectivity index (χ2v) is 4.53. The quantitative estimate of drug-likeness (QED) is 0.736. The van der Waals surface area contributed by atoms with E-state index in [1.54, 1.807) is 18.2 Å². The van der Waals surface area contributed by atoms with Crippen molar-refractivity contribution in [3.8, 4) is 0 Å². The lowest BCUT2D eigenvalue weighted by Gasteiger charge is -2.01. The Kier molecular flexibility index (Phi) is 2.45. The van der Waals surface area contributed by atoms with Gasteiger partial charge in [-0.2, -0.15) is 0 Å². The number of H-pyrrole nitrogens is 1. The predicted octanol–water partition coefficient (Wildman–Crippen LogP) is 1.83. The van der Waals surface area contributed by atoms with Crippen LogP contribution in [0, 0.1) is 0 Å². The minimum Gasteiger partial charge on any atom is -0.459 e. The predicted molar refractivity (Wildman–Crippen MR) is 66.9 cm³/mol. The zero-order chi connectivity index (χ0) is 12.5. The summed E-state index contributed by atoms with van der Waals surface area (Å²) in [5.74, 6) is -0.138. The van der Waals surface area contributed by atoms with Crippen molar-refractivity contribution in [1.29, 1.82) is 0 Å². The molecule has 0 aliphatic rings. The van der Waals surface area contributed by atoms with Gasteiger partial charge in [-0.05, 0) is 18.2 Å². The van der Waals surface area contributed by atoms with Crippen LogP contribution in [0.4, 0.5) is 5.69 Å². The number of carbonyl (C=O) groups is 1. The van der Waals surface area contributed by atoms with E-state index in [1.165, 1.54) is 12.5 Å². The Morgan fingerprint density at radius 3 is 3.17 bits per heavy atom. The number of aromatic nitrogens is 2. The highest BCUT2D eigenvalue weighted by Crippen LogP contribution is 2.17. The molecule has 0 aliphatic carbocycles. The number of aromatic amines is 1. The van der Waals surface area contributed by atoms with Gasteiger partial charge in [-0.1, -0.05) is 11.3 Å². The maximum absolute atomic E-state index is 11.7. The van der Waals surface area contributed by atoms with E-state index < -0.39 is 0 Å². The molecule has 2 N–H and O–H groups in total. The van der Waals surface area contributed by atoms with Gasteiger partial charge >= 0.3 is 4.87 Å². The van der Waals surface area contributed by atoms with Crippen LogP contribution < -0.4 is 10.2 Å². The van der Waals surface area contributed by atoms with E-state index >= 15 is 0 Å². The van der Waals surface area contributed by atoms with Gasteiger partial charge in [0.25, 0.3) is 5.91 Å². The van der Waals surface area contributed by atoms with Gasteiger partial charge in [0.2, 0.25) is 0 Å². The number of carbonyl (C=O) groups excluding carboxylic acids is 1. The zero-order valence-electron chi connectivity index (χ0n) is 8.97. The Balaban J connectivity index is 1.91. The maximum atomic E-state index is 11.7. The highest BCUT2D eigenvalue weighted by atomic mass is 32.1. The Bertz CT molecular complexity index is 757. The highest BCUT2D eigenvalue weighted by molar-refractivity contribution is 7.16. The van der Waals surface area contributed by atoms with Gasteiger partial charge in [0, 0.05) is 0 Å². The second-order valence-electron chi connectivity index (χ2n) is 3.52. The Hall–Kier alpha value is -2.41. The molecule has 3 aromatic rings. The fourth-order valence-electron chi connectivity index (χ4n) is 1.51. The third kappa shape index (κ3) is 1.91. The summed E-state index contributed by atoms with van der Waals surface area (Å²) in [6.07, 6.45) is 2.90. The van der Waals surface area contributed by atoms with Crippen LogP contribution in [0.25, 0.3) is 10.3 Å². The number of pyridine rings is 1. The number of hydrogen-bond donors (Lipinski definition) is 2. The summed E-state index contributed by atoms with van der Waals surface area (Å²) in [5, 5.41) is 2.64. The number of anilines is 1. The molecule has 90 valence electrons. The van der Waals surface area contributed by atoms with E-state index in [9.17, 15) is 9.59 Å². The molecule has 3 heterocycles. The average Bonchev–Trinajstić information content (AvgIpc) is 2.95. The molecular formula is C11H7N3O3S. The molecule has 0 saturated carbocycles. The molecule has 0 fully saturated rings. The highest BCUT2D eigenvalue weighted by Gasteiger charge is 2.09. The van der Waals surface area contributed by atoms with Crippen LogP contribution in [-0.4, -0.2) is 15.9 Å². The van der Waals surface area contributed by atoms with Crippen molar-refractivity contribution in [3.63, 3.8) is 0 Å². The summed E-state index contributed by atoms with van der Waals surface area (Å²) in [6, 6.07) is 4.88. The molecule has 6 nitrogen and oxygen atoms in total. The van der Waals surface area contributed by atoms with Crippen molar-refractivity contribution in [2.45, 2.75) is 0 Å². The van der Waals surface area contributed by atoms with Gasteiger partial charge in [0.05, 0.1) is 22.8 Å². The van der Waals surface area contributed by atoms with Crippen LogP contribution >= 0.6 is 11.3 Å². The molecule has 18 heavy (non-hydrogen) atoms. The van der Waals surface area contributed by atoms with Gasteiger partial charge in [-0.3, -0.25) is 14.6 Å². The van der Waals surface area contributed by atoms with Crippen LogP contribution in [0.15, 0.2) is 39.9 Å². The van der Waals surface area contributed by atoms with Crippen LogP contribution in [-0.2, 0) is 0 Å². The number of furan rings is 1. The molecular weight excluding hydrogens is 254 g/mol. The van der Waals surface area contributed by atoms with E-state index in [1.807, 2.05) is 0 Å². The van der Waals surface area contributed by atoms with E-state index in [0.717, 1.165) is 11.3 Å². The zero-order valence-corrected chi connectivity index (χ0v) is 9.78. The molecule has 1 amide bonds. The summed E-state index contributed by atoms with van der Waals surface area (Å²) in [6.45, 7) is 0. The Morgan fingerprint density at radius 1 is 1.50 bits per heavy atom. The summed E-state index contributed by atoms with van der Waals surface area (Å²) in [7, 11) is 0. The molecule has 0 atom stereocenters. The molecule has 0 bridgehead atoms. The minimum atomic E-state index is -0.357. The lowest BCUT2D eigenvalue weighted by Crippen LogP contribution is -2.10. The van der Waals surface area contributed by atoms with E-state index in [2.05, 4.69) is 15.3 Å².